The third-order valence-electron chi connectivity index (χ3n) is 4.41. The Morgan fingerprint density at radius 1 is 1.19 bits per heavy atom. The van der Waals surface area contributed by atoms with Crippen LogP contribution in [-0.2, 0) is 21.2 Å². The van der Waals surface area contributed by atoms with Crippen LogP contribution in [0.4, 0.5) is 18.0 Å². The van der Waals surface area contributed by atoms with Gasteiger partial charge in [-0.3, -0.25) is 4.79 Å². The highest BCUT2D eigenvalue weighted by Crippen LogP contribution is 2.39. The van der Waals surface area contributed by atoms with Gasteiger partial charge >= 0.3 is 12.3 Å². The Bertz CT molecular complexity index is 677. The summed E-state index contributed by atoms with van der Waals surface area (Å²) in [5.74, 6) is -0.0915. The van der Waals surface area contributed by atoms with E-state index >= 15 is 0 Å². The number of carbonyl (C=O) groups excluding carboxylic acids is 2. The van der Waals surface area contributed by atoms with Crippen LogP contribution in [0.3, 0.4) is 0 Å². The van der Waals surface area contributed by atoms with Crippen molar-refractivity contribution in [1.29, 1.82) is 0 Å². The van der Waals surface area contributed by atoms with Gasteiger partial charge in [-0.2, -0.15) is 13.2 Å². The molecule has 1 N–H and O–H groups in total. The topological polar surface area (TPSA) is 55.4 Å². The molecule has 1 fully saturated rings. The molecule has 1 aliphatic rings. The average molecular weight is 371 g/mol. The number of ether oxygens (including phenoxy) is 1. The van der Waals surface area contributed by atoms with Gasteiger partial charge in [0.25, 0.3) is 0 Å². The number of alkyl halides is 3. The van der Waals surface area contributed by atoms with E-state index in [4.69, 9.17) is 4.74 Å². The van der Waals surface area contributed by atoms with Crippen LogP contribution in [0, 0.1) is 5.92 Å². The number of amides is 1. The molecule has 144 valence electrons. The second-order valence-corrected chi connectivity index (χ2v) is 7.88. The van der Waals surface area contributed by atoms with Crippen molar-refractivity contribution in [2.75, 3.05) is 0 Å². The van der Waals surface area contributed by atoms with Crippen molar-refractivity contribution >= 4 is 11.9 Å². The Morgan fingerprint density at radius 3 is 2.27 bits per heavy atom. The molecule has 2 atom stereocenters. The summed E-state index contributed by atoms with van der Waals surface area (Å²) >= 11 is 0. The highest BCUT2D eigenvalue weighted by atomic mass is 19.4. The number of hydrogen-bond donors (Lipinski definition) is 1. The predicted octanol–water partition coefficient (Wildman–Crippen LogP) is 4.81. The molecule has 4 nitrogen and oxygen atoms in total. The molecule has 7 heteroatoms. The summed E-state index contributed by atoms with van der Waals surface area (Å²) < 4.78 is 43.8. The van der Waals surface area contributed by atoms with Gasteiger partial charge < -0.3 is 10.1 Å². The van der Waals surface area contributed by atoms with Crippen LogP contribution in [0.1, 0.15) is 58.1 Å². The molecule has 1 aromatic rings. The first kappa shape index (κ1) is 20.3. The van der Waals surface area contributed by atoms with Crippen LogP contribution in [0.2, 0.25) is 0 Å². The largest absolute Gasteiger partial charge is 0.444 e. The van der Waals surface area contributed by atoms with Gasteiger partial charge in [-0.1, -0.05) is 19.1 Å². The summed E-state index contributed by atoms with van der Waals surface area (Å²) in [6.07, 6.45) is -3.99. The summed E-state index contributed by atoms with van der Waals surface area (Å²) in [7, 11) is 0. The number of ketones is 1. The lowest BCUT2D eigenvalue weighted by molar-refractivity contribution is -0.137. The number of halogens is 3. The minimum absolute atomic E-state index is 0.130. The first-order valence-electron chi connectivity index (χ1n) is 8.56. The first-order valence-corrected chi connectivity index (χ1v) is 8.56. The number of Topliss-reactive ketones (excluding diaryl/α,β-unsaturated/α-hetero) is 1. The van der Waals surface area contributed by atoms with Gasteiger partial charge in [-0.05, 0) is 57.2 Å². The molecule has 0 aliphatic heterocycles. The minimum atomic E-state index is -4.46. The van der Waals surface area contributed by atoms with Crippen LogP contribution in [0.15, 0.2) is 24.3 Å². The molecule has 0 heterocycles. The quantitative estimate of drug-likeness (QED) is 0.811. The van der Waals surface area contributed by atoms with E-state index in [1.165, 1.54) is 12.1 Å². The summed E-state index contributed by atoms with van der Waals surface area (Å²) in [4.78, 5) is 25.1. The summed E-state index contributed by atoms with van der Waals surface area (Å²) in [5, 5.41) is 2.65. The number of carbonyl (C=O) groups is 2. The zero-order valence-electron chi connectivity index (χ0n) is 15.4. The van der Waals surface area contributed by atoms with Crippen molar-refractivity contribution in [2.45, 2.75) is 64.3 Å². The van der Waals surface area contributed by atoms with Crippen LogP contribution < -0.4 is 5.32 Å². The smallest absolute Gasteiger partial charge is 0.416 e. The lowest BCUT2D eigenvalue weighted by Crippen LogP contribution is -2.55. The van der Waals surface area contributed by atoms with Crippen molar-refractivity contribution in [1.82, 2.24) is 5.32 Å². The molecule has 26 heavy (non-hydrogen) atoms. The number of benzene rings is 1. The fraction of sp³-hybridized carbons (Fsp3) is 0.579. The zero-order chi connectivity index (χ0) is 19.8. The van der Waals surface area contributed by atoms with E-state index in [-0.39, 0.29) is 18.1 Å². The van der Waals surface area contributed by atoms with Crippen LogP contribution in [0.25, 0.3) is 0 Å². The molecule has 0 radical (unpaired) electrons. The van der Waals surface area contributed by atoms with Crippen molar-refractivity contribution in [3.05, 3.63) is 35.4 Å². The van der Waals surface area contributed by atoms with E-state index in [2.05, 4.69) is 5.32 Å². The molecule has 0 spiro atoms. The van der Waals surface area contributed by atoms with Gasteiger partial charge in [0, 0.05) is 6.42 Å². The second kappa shape index (κ2) is 6.93. The van der Waals surface area contributed by atoms with Gasteiger partial charge in [0.05, 0.1) is 5.56 Å². The lowest BCUT2D eigenvalue weighted by Gasteiger charge is -2.40. The maximum atomic E-state index is 12.8. The SMILES string of the molecule is C[C@H]1CCC(=O)[C@@](NC(=O)OC(C)(C)C)(c2ccc(C(F)(F)F)cc2)C1. The van der Waals surface area contributed by atoms with Crippen molar-refractivity contribution in [2.24, 2.45) is 5.92 Å². The maximum Gasteiger partial charge on any atom is 0.416 e. The molecule has 1 saturated carbocycles. The van der Waals surface area contributed by atoms with Gasteiger partial charge in [-0.25, -0.2) is 4.79 Å². The fourth-order valence-corrected chi connectivity index (χ4v) is 3.22. The van der Waals surface area contributed by atoms with Crippen molar-refractivity contribution < 1.29 is 27.5 Å². The van der Waals surface area contributed by atoms with E-state index in [1.54, 1.807) is 20.8 Å². The summed E-state index contributed by atoms with van der Waals surface area (Å²) in [5.41, 5.74) is -2.59. The summed E-state index contributed by atoms with van der Waals surface area (Å²) in [6.45, 7) is 7.04. The van der Waals surface area contributed by atoms with Crippen molar-refractivity contribution in [3.8, 4) is 0 Å². The lowest BCUT2D eigenvalue weighted by atomic mass is 9.71. The normalized spacial score (nSPS) is 24.3. The Labute approximate surface area is 151 Å². The number of rotatable bonds is 2. The Hall–Kier alpha value is -2.05. The Morgan fingerprint density at radius 2 is 1.77 bits per heavy atom. The minimum Gasteiger partial charge on any atom is -0.444 e. The van der Waals surface area contributed by atoms with Crippen LogP contribution >= 0.6 is 0 Å². The third kappa shape index (κ3) is 4.56. The van der Waals surface area contributed by atoms with Crippen LogP contribution in [0.5, 0.6) is 0 Å². The molecule has 0 aromatic heterocycles. The molecule has 0 saturated heterocycles. The van der Waals surface area contributed by atoms with Crippen LogP contribution in [-0.4, -0.2) is 17.5 Å². The number of alkyl carbamates (subject to hydrolysis) is 1. The number of hydrogen-bond acceptors (Lipinski definition) is 3. The van der Waals surface area contributed by atoms with E-state index in [1.807, 2.05) is 6.92 Å². The molecule has 0 bridgehead atoms. The molecule has 0 unspecified atom stereocenters. The Balaban J connectivity index is 2.41. The average Bonchev–Trinajstić information content (AvgIpc) is 2.48. The molecular formula is C19H24F3NO3. The molecule has 2 rings (SSSR count). The highest BCUT2D eigenvalue weighted by molar-refractivity contribution is 5.93. The number of nitrogens with one attached hydrogen (secondary N) is 1. The van der Waals surface area contributed by atoms with Gasteiger partial charge in [0.2, 0.25) is 0 Å². The molecule has 1 amide bonds. The van der Waals surface area contributed by atoms with E-state index < -0.39 is 29.0 Å². The highest BCUT2D eigenvalue weighted by Gasteiger charge is 2.46. The van der Waals surface area contributed by atoms with Crippen molar-refractivity contribution in [3.63, 3.8) is 0 Å². The van der Waals surface area contributed by atoms with Gasteiger partial charge in [0.1, 0.15) is 11.1 Å². The predicted molar refractivity (Wildman–Crippen MR) is 90.5 cm³/mol. The monoisotopic (exact) mass is 371 g/mol. The first-order chi connectivity index (χ1) is 11.8. The van der Waals surface area contributed by atoms with E-state index in [0.717, 1.165) is 12.1 Å². The van der Waals surface area contributed by atoms with E-state index in [9.17, 15) is 22.8 Å². The standard InChI is InChI=1S/C19H24F3NO3/c1-12-5-10-15(24)18(11-12,23-16(25)26-17(2,3)4)13-6-8-14(9-7-13)19(20,21)22/h6-9,12H,5,10-11H2,1-4H3,(H,23,25)/t12-,18-/m0/s1. The fourth-order valence-electron chi connectivity index (χ4n) is 3.22. The molecule has 1 aliphatic carbocycles. The second-order valence-electron chi connectivity index (χ2n) is 7.88. The maximum absolute atomic E-state index is 12.8. The Kier molecular flexibility index (Phi) is 5.40. The third-order valence-corrected chi connectivity index (χ3v) is 4.41. The molecular weight excluding hydrogens is 347 g/mol. The van der Waals surface area contributed by atoms with Gasteiger partial charge in [-0.15, -0.1) is 0 Å². The summed E-state index contributed by atoms with van der Waals surface area (Å²) in [6, 6.07) is 4.38. The molecule has 1 aromatic carbocycles. The van der Waals surface area contributed by atoms with Gasteiger partial charge in [0.15, 0.2) is 5.78 Å². The zero-order valence-corrected chi connectivity index (χ0v) is 15.4. The van der Waals surface area contributed by atoms with E-state index in [0.29, 0.717) is 18.4 Å².